The molecule has 0 saturated heterocycles. The number of phosphoric ester groups is 1. The third-order valence-corrected chi connectivity index (χ3v) is 2.70. The van der Waals surface area contributed by atoms with E-state index in [-0.39, 0.29) is 0 Å². The zero-order chi connectivity index (χ0) is 10.5. The molecule has 0 saturated carbocycles. The van der Waals surface area contributed by atoms with Gasteiger partial charge in [0, 0.05) is 19.2 Å². The zero-order valence-corrected chi connectivity index (χ0v) is 9.37. The van der Waals surface area contributed by atoms with Crippen LogP contribution in [0.2, 0.25) is 0 Å². The molecule has 6 nitrogen and oxygen atoms in total. The third kappa shape index (κ3) is 3.91. The third-order valence-electron chi connectivity index (χ3n) is 0.967. The average molecular weight is 275 g/mol. The van der Waals surface area contributed by atoms with Crippen LogP contribution in [-0.2, 0) is 22.9 Å². The van der Waals surface area contributed by atoms with E-state index in [0.29, 0.717) is 0 Å². The van der Waals surface area contributed by atoms with Crippen molar-refractivity contribution in [3.8, 4) is 0 Å². The Morgan fingerprint density at radius 2 is 1.92 bits per heavy atom. The Kier molecular flexibility index (Phi) is 5.24. The first-order valence-corrected chi connectivity index (χ1v) is 5.31. The van der Waals surface area contributed by atoms with E-state index in [9.17, 15) is 9.36 Å². The summed E-state index contributed by atoms with van der Waals surface area (Å²) in [5.41, 5.74) is 0. The van der Waals surface area contributed by atoms with Gasteiger partial charge < -0.3 is 9.63 Å². The van der Waals surface area contributed by atoms with Crippen LogP contribution in [0, 0.1) is 0 Å². The van der Waals surface area contributed by atoms with E-state index in [1.165, 1.54) is 0 Å². The highest BCUT2D eigenvalue weighted by Crippen LogP contribution is 2.49. The average Bonchev–Trinajstić information content (AvgIpc) is 2.13. The summed E-state index contributed by atoms with van der Waals surface area (Å²) in [6.45, 7) is 0. The van der Waals surface area contributed by atoms with Crippen molar-refractivity contribution in [3.05, 3.63) is 10.7 Å². The molecule has 13 heavy (non-hydrogen) atoms. The van der Waals surface area contributed by atoms with E-state index in [4.69, 9.17) is 5.11 Å². The van der Waals surface area contributed by atoms with E-state index in [2.05, 4.69) is 29.5 Å². The highest BCUT2D eigenvalue weighted by Gasteiger charge is 2.28. The number of carboxylic acid groups (broad SMARTS) is 1. The summed E-state index contributed by atoms with van der Waals surface area (Å²) in [5.74, 6) is -1.95. The van der Waals surface area contributed by atoms with Gasteiger partial charge >= 0.3 is 13.8 Å². The largest absolute Gasteiger partial charge is 0.529 e. The second-order valence-corrected chi connectivity index (χ2v) is 3.95. The first-order valence-electron chi connectivity index (χ1n) is 2.94. The molecule has 0 rings (SSSR count). The minimum Gasteiger partial charge on any atom is -0.475 e. The molecule has 0 amide bonds. The second-order valence-electron chi connectivity index (χ2n) is 1.68. The molecule has 0 aromatic heterocycles. The molecular formula is C5H8BrO6P. The lowest BCUT2D eigenvalue weighted by atomic mass is 10.6. The van der Waals surface area contributed by atoms with Gasteiger partial charge in [0.25, 0.3) is 0 Å². The van der Waals surface area contributed by atoms with Gasteiger partial charge in [-0.25, -0.2) is 9.36 Å². The van der Waals surface area contributed by atoms with Gasteiger partial charge in [-0.3, -0.25) is 9.05 Å². The fourth-order valence-corrected chi connectivity index (χ4v) is 1.48. The minimum atomic E-state index is -3.79. The molecule has 0 heterocycles. The number of hydrogen-bond donors (Lipinski definition) is 1. The number of aliphatic carboxylic acids is 1. The Labute approximate surface area is 83.2 Å². The lowest BCUT2D eigenvalue weighted by Gasteiger charge is -2.13. The van der Waals surface area contributed by atoms with E-state index >= 15 is 0 Å². The van der Waals surface area contributed by atoms with Gasteiger partial charge in [0.1, 0.15) is 0 Å². The van der Waals surface area contributed by atoms with E-state index in [1.54, 1.807) is 0 Å². The maximum absolute atomic E-state index is 11.2. The molecule has 0 spiro atoms. The summed E-state index contributed by atoms with van der Waals surface area (Å²) in [5, 5.41) is 8.47. The zero-order valence-electron chi connectivity index (χ0n) is 6.89. The molecule has 0 unspecified atom stereocenters. The van der Waals surface area contributed by atoms with Gasteiger partial charge in [0.05, 0.1) is 0 Å². The van der Waals surface area contributed by atoms with Crippen molar-refractivity contribution in [3.63, 3.8) is 0 Å². The molecule has 0 fully saturated rings. The molecule has 0 radical (unpaired) electrons. The van der Waals surface area contributed by atoms with Crippen LogP contribution in [0.25, 0.3) is 0 Å². The van der Waals surface area contributed by atoms with Crippen LogP contribution in [0.5, 0.6) is 0 Å². The first kappa shape index (κ1) is 12.6. The molecule has 0 aromatic carbocycles. The Balaban J connectivity index is 4.58. The highest BCUT2D eigenvalue weighted by molar-refractivity contribution is 9.11. The first-order chi connectivity index (χ1) is 5.99. The Morgan fingerprint density at radius 3 is 2.15 bits per heavy atom. The molecule has 0 bridgehead atoms. The number of halogens is 1. The van der Waals surface area contributed by atoms with E-state index < -0.39 is 19.6 Å². The molecule has 0 aliphatic rings. The molecule has 0 aliphatic heterocycles. The van der Waals surface area contributed by atoms with Gasteiger partial charge in [0.15, 0.2) is 0 Å². The predicted molar refractivity (Wildman–Crippen MR) is 47.4 cm³/mol. The van der Waals surface area contributed by atoms with Crippen molar-refractivity contribution in [1.29, 1.82) is 0 Å². The van der Waals surface area contributed by atoms with Crippen molar-refractivity contribution in [2.24, 2.45) is 0 Å². The lowest BCUT2D eigenvalue weighted by Crippen LogP contribution is -2.04. The van der Waals surface area contributed by atoms with Crippen LogP contribution in [0.3, 0.4) is 0 Å². The molecule has 0 atom stereocenters. The Morgan fingerprint density at radius 1 is 1.46 bits per heavy atom. The van der Waals surface area contributed by atoms with Crippen LogP contribution < -0.4 is 0 Å². The van der Waals surface area contributed by atoms with Crippen molar-refractivity contribution < 1.29 is 28.0 Å². The maximum atomic E-state index is 11.2. The van der Waals surface area contributed by atoms with Gasteiger partial charge in [-0.2, -0.15) is 0 Å². The number of hydrogen-bond acceptors (Lipinski definition) is 5. The highest BCUT2D eigenvalue weighted by atomic mass is 79.9. The fourth-order valence-electron chi connectivity index (χ4n) is 0.375. The normalized spacial score (nSPS) is 12.7. The summed E-state index contributed by atoms with van der Waals surface area (Å²) in [7, 11) is -1.62. The molecule has 1 N–H and O–H groups in total. The summed E-state index contributed by atoms with van der Waals surface area (Å²) in [6, 6.07) is 0. The topological polar surface area (TPSA) is 82.1 Å². The van der Waals surface area contributed by atoms with Crippen LogP contribution in [0.4, 0.5) is 0 Å². The Hall–Kier alpha value is -0.360. The smallest absolute Gasteiger partial charge is 0.475 e. The summed E-state index contributed by atoms with van der Waals surface area (Å²) >= 11 is 2.73. The summed E-state index contributed by atoms with van der Waals surface area (Å²) in [4.78, 5) is 11.3. The standard InChI is InChI=1S/C5H8BrO6P/c1-10-13(9,11-2)12-4(3-6)5(7)8/h3H,1-2H3,(H,7,8)/b4-3-. The fraction of sp³-hybridized carbons (Fsp3) is 0.400. The molecule has 8 heteroatoms. The number of carbonyl (C=O) groups is 1. The molecule has 0 aromatic rings. The second kappa shape index (κ2) is 5.39. The Bertz CT molecular complexity index is 254. The van der Waals surface area contributed by atoms with Crippen molar-refractivity contribution >= 4 is 29.7 Å². The SMILES string of the molecule is COP(=O)(OC)O/C(=C\Br)C(=O)O. The molecule has 76 valence electrons. The van der Waals surface area contributed by atoms with Crippen molar-refractivity contribution in [1.82, 2.24) is 0 Å². The van der Waals surface area contributed by atoms with Gasteiger partial charge in [-0.1, -0.05) is 15.9 Å². The van der Waals surface area contributed by atoms with Gasteiger partial charge in [0.2, 0.25) is 5.76 Å². The monoisotopic (exact) mass is 274 g/mol. The number of rotatable bonds is 5. The predicted octanol–water partition coefficient (Wildman–Crippen LogP) is 1.72. The van der Waals surface area contributed by atoms with Gasteiger partial charge in [-0.05, 0) is 0 Å². The number of carboxylic acids is 1. The lowest BCUT2D eigenvalue weighted by molar-refractivity contribution is -0.135. The maximum Gasteiger partial charge on any atom is 0.529 e. The minimum absolute atomic E-state index is 0.563. The summed E-state index contributed by atoms with van der Waals surface area (Å²) < 4.78 is 24.4. The summed E-state index contributed by atoms with van der Waals surface area (Å²) in [6.07, 6.45) is 0. The van der Waals surface area contributed by atoms with Crippen molar-refractivity contribution in [2.75, 3.05) is 14.2 Å². The van der Waals surface area contributed by atoms with Crippen LogP contribution in [0.15, 0.2) is 10.7 Å². The van der Waals surface area contributed by atoms with Crippen LogP contribution >= 0.6 is 23.8 Å². The molecule has 0 aliphatic carbocycles. The van der Waals surface area contributed by atoms with Crippen molar-refractivity contribution in [2.45, 2.75) is 0 Å². The van der Waals surface area contributed by atoms with Crippen LogP contribution in [-0.4, -0.2) is 25.3 Å². The van der Waals surface area contributed by atoms with Crippen LogP contribution in [0.1, 0.15) is 0 Å². The van der Waals surface area contributed by atoms with Gasteiger partial charge in [-0.15, -0.1) is 0 Å². The van der Waals surface area contributed by atoms with E-state index in [0.717, 1.165) is 19.2 Å². The number of phosphoric acid groups is 1. The van der Waals surface area contributed by atoms with E-state index in [1.807, 2.05) is 0 Å². The quantitative estimate of drug-likeness (QED) is 0.467. The molecular weight excluding hydrogens is 267 g/mol.